The second-order valence-electron chi connectivity index (χ2n) is 5.83. The van der Waals surface area contributed by atoms with E-state index in [4.69, 9.17) is 18.9 Å². The summed E-state index contributed by atoms with van der Waals surface area (Å²) in [5.74, 6) is 0.00144. The van der Waals surface area contributed by atoms with Gasteiger partial charge in [0.05, 0.1) is 21.3 Å². The molecule has 2 aromatic carbocycles. The molecule has 1 amide bonds. The molecule has 0 saturated heterocycles. The topological polar surface area (TPSA) is 103 Å². The van der Waals surface area contributed by atoms with Gasteiger partial charge in [0.15, 0.2) is 11.5 Å². The summed E-state index contributed by atoms with van der Waals surface area (Å²) in [6.45, 7) is 0.0448. The van der Waals surface area contributed by atoms with Gasteiger partial charge in [0.2, 0.25) is 5.75 Å². The molecule has 0 aliphatic carbocycles. The van der Waals surface area contributed by atoms with E-state index in [0.717, 1.165) is 5.56 Å². The van der Waals surface area contributed by atoms with Crippen molar-refractivity contribution in [3.05, 3.63) is 53.6 Å². The van der Waals surface area contributed by atoms with Crippen LogP contribution in [0.3, 0.4) is 0 Å². The Hall–Kier alpha value is -3.42. The van der Waals surface area contributed by atoms with E-state index in [9.17, 15) is 14.7 Å². The van der Waals surface area contributed by atoms with Crippen molar-refractivity contribution < 1.29 is 33.6 Å². The number of benzene rings is 2. The van der Waals surface area contributed by atoms with Crippen molar-refractivity contribution in [1.29, 1.82) is 0 Å². The molecular formula is C20H23NO7. The predicted molar refractivity (Wildman–Crippen MR) is 101 cm³/mol. The summed E-state index contributed by atoms with van der Waals surface area (Å²) >= 11 is 0. The summed E-state index contributed by atoms with van der Waals surface area (Å²) in [5.41, 5.74) is 1.39. The highest BCUT2D eigenvalue weighted by Crippen LogP contribution is 2.38. The zero-order chi connectivity index (χ0) is 20.5. The summed E-state index contributed by atoms with van der Waals surface area (Å²) in [6, 6.07) is 11.2. The number of aliphatic carboxylic acids is 1. The summed E-state index contributed by atoms with van der Waals surface area (Å²) in [7, 11) is 4.41. The Kier molecular flexibility index (Phi) is 7.50. The summed E-state index contributed by atoms with van der Waals surface area (Å²) in [4.78, 5) is 23.6. The van der Waals surface area contributed by atoms with Gasteiger partial charge < -0.3 is 29.4 Å². The summed E-state index contributed by atoms with van der Waals surface area (Å²) in [6.07, 6.45) is -0.810. The van der Waals surface area contributed by atoms with E-state index in [1.165, 1.54) is 21.3 Å². The van der Waals surface area contributed by atoms with Gasteiger partial charge in [-0.25, -0.2) is 9.59 Å². The molecule has 0 bridgehead atoms. The number of ether oxygens (including phenoxy) is 4. The lowest BCUT2D eigenvalue weighted by atomic mass is 10.0. The SMILES string of the molecule is COc1cc(C[C@H](NC(=O)OCc2ccccc2)C(=O)O)cc(OC)c1OC. The van der Waals surface area contributed by atoms with Crippen LogP contribution in [0.5, 0.6) is 17.2 Å². The molecule has 0 aromatic heterocycles. The first kappa shape index (κ1) is 20.9. The standard InChI is InChI=1S/C20H23NO7/c1-25-16-10-14(11-17(26-2)18(16)27-3)9-15(19(22)23)21-20(24)28-12-13-7-5-4-6-8-13/h4-8,10-11,15H,9,12H2,1-3H3,(H,21,24)(H,22,23)/t15-/m0/s1. The fourth-order valence-corrected chi connectivity index (χ4v) is 2.60. The van der Waals surface area contributed by atoms with Gasteiger partial charge in [-0.1, -0.05) is 30.3 Å². The van der Waals surface area contributed by atoms with Crippen LogP contribution < -0.4 is 19.5 Å². The van der Waals surface area contributed by atoms with Crippen LogP contribution in [0.15, 0.2) is 42.5 Å². The lowest BCUT2D eigenvalue weighted by molar-refractivity contribution is -0.139. The smallest absolute Gasteiger partial charge is 0.408 e. The zero-order valence-corrected chi connectivity index (χ0v) is 15.9. The van der Waals surface area contributed by atoms with Crippen molar-refractivity contribution in [3.63, 3.8) is 0 Å². The summed E-state index contributed by atoms with van der Waals surface area (Å²) < 4.78 is 20.9. The van der Waals surface area contributed by atoms with Crippen LogP contribution in [0.4, 0.5) is 4.79 Å². The van der Waals surface area contributed by atoms with Crippen LogP contribution in [0, 0.1) is 0 Å². The Balaban J connectivity index is 2.08. The van der Waals surface area contributed by atoms with Gasteiger partial charge >= 0.3 is 12.1 Å². The van der Waals surface area contributed by atoms with Crippen molar-refractivity contribution in [2.45, 2.75) is 19.1 Å². The van der Waals surface area contributed by atoms with Crippen LogP contribution in [-0.2, 0) is 22.6 Å². The number of carbonyl (C=O) groups is 2. The van der Waals surface area contributed by atoms with Crippen molar-refractivity contribution in [1.82, 2.24) is 5.32 Å². The minimum Gasteiger partial charge on any atom is -0.493 e. The first-order valence-corrected chi connectivity index (χ1v) is 8.47. The van der Waals surface area contributed by atoms with Crippen molar-refractivity contribution in [3.8, 4) is 17.2 Å². The number of carboxylic acids is 1. The van der Waals surface area contributed by atoms with E-state index in [0.29, 0.717) is 22.8 Å². The second kappa shape index (κ2) is 10.1. The average Bonchev–Trinajstić information content (AvgIpc) is 2.71. The Morgan fingerprint density at radius 2 is 1.57 bits per heavy atom. The third kappa shape index (κ3) is 5.54. The van der Waals surface area contributed by atoms with E-state index in [1.807, 2.05) is 18.2 Å². The molecule has 0 fully saturated rings. The maximum absolute atomic E-state index is 12.0. The van der Waals surface area contributed by atoms with Crippen LogP contribution in [0.1, 0.15) is 11.1 Å². The zero-order valence-electron chi connectivity index (χ0n) is 15.9. The van der Waals surface area contributed by atoms with Gasteiger partial charge in [-0.2, -0.15) is 0 Å². The number of methoxy groups -OCH3 is 3. The molecule has 0 unspecified atom stereocenters. The highest BCUT2D eigenvalue weighted by atomic mass is 16.5. The maximum Gasteiger partial charge on any atom is 0.408 e. The number of amides is 1. The van der Waals surface area contributed by atoms with Crippen LogP contribution in [-0.4, -0.2) is 44.5 Å². The van der Waals surface area contributed by atoms with E-state index in [2.05, 4.69) is 5.32 Å². The minimum absolute atomic E-state index is 0.00643. The predicted octanol–water partition coefficient (Wildman–Crippen LogP) is 2.63. The van der Waals surface area contributed by atoms with E-state index in [-0.39, 0.29) is 13.0 Å². The molecule has 8 heteroatoms. The Bertz CT molecular complexity index is 782. The number of rotatable bonds is 9. The molecule has 0 radical (unpaired) electrons. The molecular weight excluding hydrogens is 366 g/mol. The lowest BCUT2D eigenvalue weighted by Crippen LogP contribution is -2.42. The van der Waals surface area contributed by atoms with E-state index < -0.39 is 18.1 Å². The lowest BCUT2D eigenvalue weighted by Gasteiger charge is -2.17. The van der Waals surface area contributed by atoms with E-state index in [1.54, 1.807) is 24.3 Å². The second-order valence-corrected chi connectivity index (χ2v) is 5.83. The third-order valence-corrected chi connectivity index (χ3v) is 3.97. The fourth-order valence-electron chi connectivity index (χ4n) is 2.60. The highest BCUT2D eigenvalue weighted by Gasteiger charge is 2.23. The molecule has 2 N–H and O–H groups in total. The summed E-state index contributed by atoms with van der Waals surface area (Å²) in [5, 5.41) is 11.8. The van der Waals surface area contributed by atoms with Gasteiger partial charge in [-0.3, -0.25) is 0 Å². The number of alkyl carbamates (subject to hydrolysis) is 1. The van der Waals surface area contributed by atoms with E-state index >= 15 is 0 Å². The number of hydrogen-bond acceptors (Lipinski definition) is 6. The number of nitrogens with one attached hydrogen (secondary N) is 1. The maximum atomic E-state index is 12.0. The normalized spacial score (nSPS) is 11.2. The molecule has 8 nitrogen and oxygen atoms in total. The van der Waals surface area contributed by atoms with Crippen molar-refractivity contribution in [2.24, 2.45) is 0 Å². The Morgan fingerprint density at radius 1 is 0.964 bits per heavy atom. The van der Waals surface area contributed by atoms with Crippen LogP contribution in [0.2, 0.25) is 0 Å². The monoisotopic (exact) mass is 389 g/mol. The molecule has 0 aliphatic rings. The Morgan fingerprint density at radius 3 is 2.07 bits per heavy atom. The third-order valence-electron chi connectivity index (χ3n) is 3.97. The largest absolute Gasteiger partial charge is 0.493 e. The number of carboxylic acid groups (broad SMARTS) is 1. The van der Waals surface area contributed by atoms with Crippen molar-refractivity contribution >= 4 is 12.1 Å². The molecule has 1 atom stereocenters. The van der Waals surface area contributed by atoms with Gasteiger partial charge in [0.1, 0.15) is 12.6 Å². The molecule has 150 valence electrons. The minimum atomic E-state index is -1.19. The van der Waals surface area contributed by atoms with Gasteiger partial charge in [-0.15, -0.1) is 0 Å². The van der Waals surface area contributed by atoms with Gasteiger partial charge in [0, 0.05) is 6.42 Å². The number of hydrogen-bond donors (Lipinski definition) is 2. The molecule has 0 heterocycles. The first-order chi connectivity index (χ1) is 13.5. The molecule has 0 aliphatic heterocycles. The number of carbonyl (C=O) groups excluding carboxylic acids is 1. The molecule has 0 spiro atoms. The molecule has 0 saturated carbocycles. The van der Waals surface area contributed by atoms with Crippen LogP contribution >= 0.6 is 0 Å². The molecule has 2 rings (SSSR count). The first-order valence-electron chi connectivity index (χ1n) is 8.47. The van der Waals surface area contributed by atoms with Crippen LogP contribution in [0.25, 0.3) is 0 Å². The fraction of sp³-hybridized carbons (Fsp3) is 0.300. The quantitative estimate of drug-likeness (QED) is 0.679. The van der Waals surface area contributed by atoms with Crippen molar-refractivity contribution in [2.75, 3.05) is 21.3 Å². The molecule has 28 heavy (non-hydrogen) atoms. The Labute approximate surface area is 163 Å². The average molecular weight is 389 g/mol. The molecule has 2 aromatic rings. The van der Waals surface area contributed by atoms with Gasteiger partial charge in [-0.05, 0) is 23.3 Å². The highest BCUT2D eigenvalue weighted by molar-refractivity contribution is 5.80. The van der Waals surface area contributed by atoms with Gasteiger partial charge in [0.25, 0.3) is 0 Å².